The molecule has 4 aromatic rings. The number of thioether (sulfide) groups is 1. The van der Waals surface area contributed by atoms with Crippen LogP contribution in [0.1, 0.15) is 31.4 Å². The fourth-order valence-corrected chi connectivity index (χ4v) is 4.79. The summed E-state index contributed by atoms with van der Waals surface area (Å²) in [4.78, 5) is 16.1. The molecule has 2 aromatic carbocycles. The Kier molecular flexibility index (Phi) is 5.61. The van der Waals surface area contributed by atoms with Crippen molar-refractivity contribution in [3.05, 3.63) is 60.3 Å². The second kappa shape index (κ2) is 8.70. The molecule has 2 N–H and O–H groups in total. The molecule has 2 aromatic heterocycles. The Morgan fingerprint density at radius 3 is 2.81 bits per heavy atom. The van der Waals surface area contributed by atoms with E-state index in [0.717, 1.165) is 51.6 Å². The Morgan fingerprint density at radius 2 is 2.00 bits per heavy atom. The van der Waals surface area contributed by atoms with Crippen molar-refractivity contribution >= 4 is 28.6 Å². The molecule has 1 saturated carbocycles. The van der Waals surface area contributed by atoms with Gasteiger partial charge in [0.25, 0.3) is 0 Å². The van der Waals surface area contributed by atoms with E-state index in [1.54, 1.807) is 7.11 Å². The zero-order valence-corrected chi connectivity index (χ0v) is 18.9. The lowest BCUT2D eigenvalue weighted by atomic mass is 10.1. The third-order valence-corrected chi connectivity index (χ3v) is 6.76. The Morgan fingerprint density at radius 1 is 1.22 bits per heavy atom. The first-order chi connectivity index (χ1) is 15.7. The third kappa shape index (κ3) is 3.98. The van der Waals surface area contributed by atoms with E-state index in [-0.39, 0.29) is 11.2 Å². The highest BCUT2D eigenvalue weighted by Crippen LogP contribution is 2.42. The monoisotopic (exact) mass is 447 g/mol. The number of carbonyl (C=O) groups is 1. The summed E-state index contributed by atoms with van der Waals surface area (Å²) in [5.41, 5.74) is 3.06. The van der Waals surface area contributed by atoms with E-state index in [1.165, 1.54) is 11.8 Å². The Hall–Kier alpha value is -3.26. The zero-order chi connectivity index (χ0) is 22.1. The van der Waals surface area contributed by atoms with Crippen LogP contribution in [-0.4, -0.2) is 38.0 Å². The number of rotatable bonds is 8. The minimum absolute atomic E-state index is 0.0418. The van der Waals surface area contributed by atoms with Crippen LogP contribution in [0, 0.1) is 0 Å². The number of benzene rings is 2. The van der Waals surface area contributed by atoms with E-state index in [0.29, 0.717) is 12.6 Å². The van der Waals surface area contributed by atoms with Gasteiger partial charge in [0.15, 0.2) is 11.0 Å². The van der Waals surface area contributed by atoms with Crippen LogP contribution in [0.15, 0.2) is 59.9 Å². The largest absolute Gasteiger partial charge is 0.496 e. The van der Waals surface area contributed by atoms with Gasteiger partial charge >= 0.3 is 0 Å². The number of fused-ring (bicyclic) bond motifs is 1. The van der Waals surface area contributed by atoms with E-state index < -0.39 is 0 Å². The van der Waals surface area contributed by atoms with E-state index in [2.05, 4.69) is 37.2 Å². The summed E-state index contributed by atoms with van der Waals surface area (Å²) < 4.78 is 7.57. The van der Waals surface area contributed by atoms with Crippen LogP contribution < -0.4 is 10.1 Å². The minimum atomic E-state index is -0.303. The second-order valence-corrected chi connectivity index (χ2v) is 9.25. The number of aromatic nitrogens is 4. The molecule has 1 fully saturated rings. The van der Waals surface area contributed by atoms with Gasteiger partial charge in [-0.1, -0.05) is 48.2 Å². The summed E-state index contributed by atoms with van der Waals surface area (Å²) in [7, 11) is 1.63. The van der Waals surface area contributed by atoms with Crippen molar-refractivity contribution in [3.8, 4) is 17.1 Å². The lowest BCUT2D eigenvalue weighted by Crippen LogP contribution is -2.30. The summed E-state index contributed by atoms with van der Waals surface area (Å²) >= 11 is 1.45. The number of H-pyrrole nitrogens is 1. The van der Waals surface area contributed by atoms with Gasteiger partial charge in [0, 0.05) is 40.8 Å². The van der Waals surface area contributed by atoms with Crippen molar-refractivity contribution in [2.45, 2.75) is 42.8 Å². The zero-order valence-electron chi connectivity index (χ0n) is 18.0. The number of nitrogens with zero attached hydrogens (tertiary/aromatic N) is 3. The number of hydrogen-bond acceptors (Lipinski definition) is 5. The molecule has 1 amide bonds. The van der Waals surface area contributed by atoms with Crippen molar-refractivity contribution in [2.75, 3.05) is 7.11 Å². The van der Waals surface area contributed by atoms with Crippen molar-refractivity contribution in [2.24, 2.45) is 0 Å². The first-order valence-corrected chi connectivity index (χ1v) is 11.6. The highest BCUT2D eigenvalue weighted by Gasteiger charge is 2.32. The number of hydrogen-bond donors (Lipinski definition) is 2. The van der Waals surface area contributed by atoms with Gasteiger partial charge in [0.05, 0.1) is 12.4 Å². The van der Waals surface area contributed by atoms with Gasteiger partial charge in [-0.2, -0.15) is 0 Å². The van der Waals surface area contributed by atoms with Crippen LogP contribution in [-0.2, 0) is 11.3 Å². The number of nitrogens with one attached hydrogen (secondary N) is 2. The Balaban J connectivity index is 1.34. The number of ether oxygens (including phenoxy) is 1. The number of methoxy groups -OCH3 is 1. The maximum absolute atomic E-state index is 12.8. The van der Waals surface area contributed by atoms with Gasteiger partial charge in [-0.25, -0.2) is 0 Å². The van der Waals surface area contributed by atoms with Crippen molar-refractivity contribution < 1.29 is 9.53 Å². The molecule has 1 aliphatic carbocycles. The number of para-hydroxylation sites is 2. The van der Waals surface area contributed by atoms with Gasteiger partial charge in [0.1, 0.15) is 5.75 Å². The molecule has 0 aliphatic heterocycles. The van der Waals surface area contributed by atoms with Crippen LogP contribution >= 0.6 is 11.8 Å². The molecule has 8 heteroatoms. The van der Waals surface area contributed by atoms with E-state index >= 15 is 0 Å². The van der Waals surface area contributed by atoms with E-state index in [4.69, 9.17) is 4.74 Å². The molecule has 1 atom stereocenters. The molecule has 0 saturated heterocycles. The lowest BCUT2D eigenvalue weighted by molar-refractivity contribution is -0.120. The van der Waals surface area contributed by atoms with Gasteiger partial charge < -0.3 is 15.0 Å². The molecule has 0 radical (unpaired) electrons. The summed E-state index contributed by atoms with van der Waals surface area (Å²) in [6.07, 6.45) is 4.20. The average Bonchev–Trinajstić information content (AvgIpc) is 3.44. The van der Waals surface area contributed by atoms with Crippen molar-refractivity contribution in [1.29, 1.82) is 0 Å². The molecule has 0 bridgehead atoms. The molecule has 2 heterocycles. The maximum atomic E-state index is 12.8. The maximum Gasteiger partial charge on any atom is 0.233 e. The molecule has 5 rings (SSSR count). The fraction of sp³-hybridized carbons (Fsp3) is 0.292. The standard InChI is InChI=1S/C24H25N5O2S/c1-15(23(30)26-13-16-7-3-6-10-21(16)31-2)32-24-28-27-22(29(24)17-11-12-17)19-14-25-20-9-5-4-8-18(19)20/h3-10,14-15,17,25H,11-13H2,1-2H3,(H,26,30). The predicted octanol–water partition coefficient (Wildman–Crippen LogP) is 4.57. The van der Waals surface area contributed by atoms with Gasteiger partial charge in [0.2, 0.25) is 5.91 Å². The molecule has 164 valence electrons. The quantitative estimate of drug-likeness (QED) is 0.387. The Bertz CT molecular complexity index is 1260. The highest BCUT2D eigenvalue weighted by atomic mass is 32.2. The topological polar surface area (TPSA) is 84.8 Å². The molecule has 1 aliphatic rings. The fourth-order valence-electron chi connectivity index (χ4n) is 3.85. The van der Waals surface area contributed by atoms with Crippen molar-refractivity contribution in [1.82, 2.24) is 25.1 Å². The number of amides is 1. The van der Waals surface area contributed by atoms with E-state index in [1.807, 2.05) is 49.5 Å². The van der Waals surface area contributed by atoms with Gasteiger partial charge in [-0.15, -0.1) is 10.2 Å². The summed E-state index contributed by atoms with van der Waals surface area (Å²) in [5.74, 6) is 1.58. The van der Waals surface area contributed by atoms with Gasteiger partial charge in [-0.3, -0.25) is 9.36 Å². The van der Waals surface area contributed by atoms with Crippen molar-refractivity contribution in [3.63, 3.8) is 0 Å². The summed E-state index contributed by atoms with van der Waals surface area (Å²) in [6.45, 7) is 2.32. The van der Waals surface area contributed by atoms with Crippen LogP contribution in [0.2, 0.25) is 0 Å². The molecule has 1 unspecified atom stereocenters. The second-order valence-electron chi connectivity index (χ2n) is 7.95. The third-order valence-electron chi connectivity index (χ3n) is 5.70. The molecular formula is C24H25N5O2S. The lowest BCUT2D eigenvalue weighted by Gasteiger charge is -2.14. The van der Waals surface area contributed by atoms with Crippen LogP contribution in [0.3, 0.4) is 0 Å². The van der Waals surface area contributed by atoms with E-state index in [9.17, 15) is 4.79 Å². The smallest absolute Gasteiger partial charge is 0.233 e. The van der Waals surface area contributed by atoms with Crippen LogP contribution in [0.25, 0.3) is 22.3 Å². The number of carbonyl (C=O) groups excluding carboxylic acids is 1. The summed E-state index contributed by atoms with van der Waals surface area (Å²) in [5, 5.41) is 13.6. The molecule has 7 nitrogen and oxygen atoms in total. The summed E-state index contributed by atoms with van der Waals surface area (Å²) in [6, 6.07) is 16.3. The number of aromatic amines is 1. The molecule has 32 heavy (non-hydrogen) atoms. The van der Waals surface area contributed by atoms with Crippen LogP contribution in [0.4, 0.5) is 0 Å². The molecule has 0 spiro atoms. The SMILES string of the molecule is COc1ccccc1CNC(=O)C(C)Sc1nnc(-c2c[nH]c3ccccc23)n1C1CC1. The predicted molar refractivity (Wildman–Crippen MR) is 126 cm³/mol. The average molecular weight is 448 g/mol. The Labute approximate surface area is 190 Å². The normalized spacial score (nSPS) is 14.4. The van der Waals surface area contributed by atoms with Crippen LogP contribution in [0.5, 0.6) is 5.75 Å². The first kappa shape index (κ1) is 20.6. The highest BCUT2D eigenvalue weighted by molar-refractivity contribution is 8.00. The first-order valence-electron chi connectivity index (χ1n) is 10.7. The molecular weight excluding hydrogens is 422 g/mol. The van der Waals surface area contributed by atoms with Gasteiger partial charge in [-0.05, 0) is 31.9 Å². The minimum Gasteiger partial charge on any atom is -0.496 e.